The van der Waals surface area contributed by atoms with Crippen molar-refractivity contribution in [1.29, 1.82) is 0 Å². The minimum absolute atomic E-state index is 0.0938. The summed E-state index contributed by atoms with van der Waals surface area (Å²) in [5.41, 5.74) is 2.39. The molecule has 0 aliphatic heterocycles. The average molecular weight is 295 g/mol. The summed E-state index contributed by atoms with van der Waals surface area (Å²) in [6.45, 7) is -0.0938. The van der Waals surface area contributed by atoms with E-state index in [0.717, 1.165) is 4.88 Å². The van der Waals surface area contributed by atoms with E-state index in [2.05, 4.69) is 10.5 Å². The lowest BCUT2D eigenvalue weighted by atomic mass is 10.3. The SMILES string of the molecule is O=C(COc1ccc(Cl)cc1)NN=Cc1cccs1. The lowest BCUT2D eigenvalue weighted by Gasteiger charge is -2.04. The highest BCUT2D eigenvalue weighted by atomic mass is 35.5. The number of carbonyl (C=O) groups excluding carboxylic acids is 1. The van der Waals surface area contributed by atoms with Gasteiger partial charge in [-0.3, -0.25) is 4.79 Å². The van der Waals surface area contributed by atoms with Gasteiger partial charge in [0.05, 0.1) is 6.21 Å². The normalized spacial score (nSPS) is 10.6. The first-order chi connectivity index (χ1) is 9.24. The lowest BCUT2D eigenvalue weighted by Crippen LogP contribution is -2.24. The number of carbonyl (C=O) groups is 1. The summed E-state index contributed by atoms with van der Waals surface area (Å²) >= 11 is 7.28. The maximum absolute atomic E-state index is 11.4. The van der Waals surface area contributed by atoms with Gasteiger partial charge in [0.25, 0.3) is 5.91 Å². The number of thiophene rings is 1. The van der Waals surface area contributed by atoms with Crippen LogP contribution in [0.4, 0.5) is 0 Å². The number of hydrazone groups is 1. The van der Waals surface area contributed by atoms with Crippen LogP contribution in [0.5, 0.6) is 5.75 Å². The molecule has 0 spiro atoms. The van der Waals surface area contributed by atoms with E-state index in [0.29, 0.717) is 10.8 Å². The van der Waals surface area contributed by atoms with Crippen LogP contribution in [0, 0.1) is 0 Å². The zero-order valence-electron chi connectivity index (χ0n) is 9.88. The number of amides is 1. The number of hydrogen-bond donors (Lipinski definition) is 1. The van der Waals surface area contributed by atoms with Crippen LogP contribution in [0.1, 0.15) is 4.88 Å². The number of nitrogens with zero attached hydrogens (tertiary/aromatic N) is 1. The fourth-order valence-electron chi connectivity index (χ4n) is 1.24. The molecule has 1 aromatic heterocycles. The van der Waals surface area contributed by atoms with E-state index < -0.39 is 0 Å². The molecular formula is C13H11ClN2O2S. The second-order valence-corrected chi connectivity index (χ2v) is 4.97. The smallest absolute Gasteiger partial charge is 0.277 e. The quantitative estimate of drug-likeness (QED) is 0.681. The molecular weight excluding hydrogens is 284 g/mol. The number of benzene rings is 1. The Morgan fingerprint density at radius 3 is 2.84 bits per heavy atom. The van der Waals surface area contributed by atoms with Crippen LogP contribution < -0.4 is 10.2 Å². The van der Waals surface area contributed by atoms with Gasteiger partial charge in [-0.2, -0.15) is 5.10 Å². The molecule has 0 saturated carbocycles. The molecule has 2 rings (SSSR count). The number of hydrogen-bond acceptors (Lipinski definition) is 4. The largest absolute Gasteiger partial charge is 0.484 e. The Balaban J connectivity index is 1.74. The van der Waals surface area contributed by atoms with Gasteiger partial charge in [0.2, 0.25) is 0 Å². The van der Waals surface area contributed by atoms with Crippen molar-refractivity contribution in [3.05, 3.63) is 51.7 Å². The maximum Gasteiger partial charge on any atom is 0.277 e. The summed E-state index contributed by atoms with van der Waals surface area (Å²) in [6.07, 6.45) is 1.59. The molecule has 1 aromatic carbocycles. The Bertz CT molecular complexity index is 553. The second kappa shape index (κ2) is 6.92. The fraction of sp³-hybridized carbons (Fsp3) is 0.0769. The van der Waals surface area contributed by atoms with E-state index in [-0.39, 0.29) is 12.5 Å². The minimum atomic E-state index is -0.317. The second-order valence-electron chi connectivity index (χ2n) is 3.55. The first kappa shape index (κ1) is 13.6. The summed E-state index contributed by atoms with van der Waals surface area (Å²) in [5, 5.41) is 6.38. The molecule has 0 saturated heterocycles. The van der Waals surface area contributed by atoms with Crippen molar-refractivity contribution in [2.75, 3.05) is 6.61 Å². The zero-order chi connectivity index (χ0) is 13.5. The molecule has 0 unspecified atom stereocenters. The third-order valence-corrected chi connectivity index (χ3v) is 3.17. The van der Waals surface area contributed by atoms with Crippen LogP contribution in [0.3, 0.4) is 0 Å². The minimum Gasteiger partial charge on any atom is -0.484 e. The molecule has 19 heavy (non-hydrogen) atoms. The predicted molar refractivity (Wildman–Crippen MR) is 77.0 cm³/mol. The molecule has 1 amide bonds. The van der Waals surface area contributed by atoms with Gasteiger partial charge in [0.15, 0.2) is 6.61 Å². The Morgan fingerprint density at radius 2 is 2.16 bits per heavy atom. The van der Waals surface area contributed by atoms with Crippen LogP contribution in [0.15, 0.2) is 46.9 Å². The molecule has 0 fully saturated rings. The number of ether oxygens (including phenoxy) is 1. The number of rotatable bonds is 5. The van der Waals surface area contributed by atoms with E-state index in [1.54, 1.807) is 41.8 Å². The van der Waals surface area contributed by atoms with Gasteiger partial charge in [-0.25, -0.2) is 5.43 Å². The van der Waals surface area contributed by atoms with E-state index in [9.17, 15) is 4.79 Å². The first-order valence-corrected chi connectivity index (χ1v) is 6.73. The van der Waals surface area contributed by atoms with Crippen molar-refractivity contribution < 1.29 is 9.53 Å². The third-order valence-electron chi connectivity index (χ3n) is 2.11. The zero-order valence-corrected chi connectivity index (χ0v) is 11.4. The van der Waals surface area contributed by atoms with Crippen LogP contribution in [0.25, 0.3) is 0 Å². The van der Waals surface area contributed by atoms with E-state index in [1.165, 1.54) is 0 Å². The van der Waals surface area contributed by atoms with Gasteiger partial charge < -0.3 is 4.74 Å². The maximum atomic E-state index is 11.4. The highest BCUT2D eigenvalue weighted by Gasteiger charge is 2.01. The Kier molecular flexibility index (Phi) is 4.94. The van der Waals surface area contributed by atoms with Crippen molar-refractivity contribution in [3.63, 3.8) is 0 Å². The van der Waals surface area contributed by atoms with E-state index in [1.807, 2.05) is 17.5 Å². The van der Waals surface area contributed by atoms with Gasteiger partial charge in [0.1, 0.15) is 5.75 Å². The van der Waals surface area contributed by atoms with Gasteiger partial charge >= 0.3 is 0 Å². The molecule has 2 aromatic rings. The predicted octanol–water partition coefficient (Wildman–Crippen LogP) is 2.93. The summed E-state index contributed by atoms with van der Waals surface area (Å²) in [5.74, 6) is 0.268. The van der Waals surface area contributed by atoms with Gasteiger partial charge in [-0.05, 0) is 35.7 Å². The van der Waals surface area contributed by atoms with Gasteiger partial charge in [0, 0.05) is 9.90 Å². The summed E-state index contributed by atoms with van der Waals surface area (Å²) < 4.78 is 5.27. The van der Waals surface area contributed by atoms with Crippen LogP contribution in [-0.2, 0) is 4.79 Å². The number of halogens is 1. The molecule has 0 radical (unpaired) electrons. The molecule has 0 aliphatic rings. The lowest BCUT2D eigenvalue weighted by molar-refractivity contribution is -0.123. The van der Waals surface area contributed by atoms with Crippen molar-refractivity contribution >= 4 is 35.1 Å². The molecule has 0 aliphatic carbocycles. The van der Waals surface area contributed by atoms with Crippen molar-refractivity contribution in [2.24, 2.45) is 5.10 Å². The van der Waals surface area contributed by atoms with Crippen molar-refractivity contribution in [3.8, 4) is 5.75 Å². The van der Waals surface area contributed by atoms with E-state index in [4.69, 9.17) is 16.3 Å². The molecule has 0 bridgehead atoms. The third kappa shape index (κ3) is 4.73. The average Bonchev–Trinajstić information content (AvgIpc) is 2.91. The first-order valence-electron chi connectivity index (χ1n) is 5.48. The Morgan fingerprint density at radius 1 is 1.37 bits per heavy atom. The summed E-state index contributed by atoms with van der Waals surface area (Å²) in [7, 11) is 0. The summed E-state index contributed by atoms with van der Waals surface area (Å²) in [6, 6.07) is 10.6. The van der Waals surface area contributed by atoms with Crippen molar-refractivity contribution in [1.82, 2.24) is 5.43 Å². The van der Waals surface area contributed by atoms with Crippen LogP contribution in [0.2, 0.25) is 5.02 Å². The van der Waals surface area contributed by atoms with Crippen LogP contribution >= 0.6 is 22.9 Å². The molecule has 0 atom stereocenters. The number of nitrogens with one attached hydrogen (secondary N) is 1. The Labute approximate surface area is 119 Å². The van der Waals surface area contributed by atoms with Crippen molar-refractivity contribution in [2.45, 2.75) is 0 Å². The molecule has 98 valence electrons. The molecule has 1 N–H and O–H groups in total. The van der Waals surface area contributed by atoms with Crippen LogP contribution in [-0.4, -0.2) is 18.7 Å². The summed E-state index contributed by atoms with van der Waals surface area (Å²) in [4.78, 5) is 12.4. The molecule has 1 heterocycles. The van der Waals surface area contributed by atoms with E-state index >= 15 is 0 Å². The molecule has 6 heteroatoms. The Hall–Kier alpha value is -1.85. The van der Waals surface area contributed by atoms with Gasteiger partial charge in [-0.15, -0.1) is 11.3 Å². The monoisotopic (exact) mass is 294 g/mol. The highest BCUT2D eigenvalue weighted by molar-refractivity contribution is 7.11. The molecule has 4 nitrogen and oxygen atoms in total. The topological polar surface area (TPSA) is 50.7 Å². The highest BCUT2D eigenvalue weighted by Crippen LogP contribution is 2.15. The fourth-order valence-corrected chi connectivity index (χ4v) is 1.96. The van der Waals surface area contributed by atoms with Gasteiger partial charge in [-0.1, -0.05) is 17.7 Å². The standard InChI is InChI=1S/C13H11ClN2O2S/c14-10-3-5-11(6-4-10)18-9-13(17)16-15-8-12-2-1-7-19-12/h1-8H,9H2,(H,16,17).